The van der Waals surface area contributed by atoms with Crippen molar-refractivity contribution in [3.05, 3.63) is 71.5 Å². The van der Waals surface area contributed by atoms with Crippen LogP contribution in [0.3, 0.4) is 0 Å². The molecule has 0 atom stereocenters. The van der Waals surface area contributed by atoms with Gasteiger partial charge in [0.25, 0.3) is 5.91 Å². The number of amides is 1. The van der Waals surface area contributed by atoms with Crippen LogP contribution in [0.2, 0.25) is 0 Å². The first-order valence-electron chi connectivity index (χ1n) is 9.16. The minimum absolute atomic E-state index is 0.0108. The van der Waals surface area contributed by atoms with Gasteiger partial charge >= 0.3 is 0 Å². The number of aromatic nitrogens is 2. The van der Waals surface area contributed by atoms with Crippen LogP contribution in [0, 0.1) is 13.8 Å². The van der Waals surface area contributed by atoms with Crippen LogP contribution in [0.1, 0.15) is 35.3 Å². The van der Waals surface area contributed by atoms with Crippen molar-refractivity contribution >= 4 is 23.2 Å². The summed E-state index contributed by atoms with van der Waals surface area (Å²) in [4.78, 5) is 21.1. The van der Waals surface area contributed by atoms with Crippen molar-refractivity contribution in [2.75, 3.05) is 10.6 Å². The summed E-state index contributed by atoms with van der Waals surface area (Å²) in [5.41, 5.74) is 4.16. The van der Waals surface area contributed by atoms with Crippen molar-refractivity contribution < 1.29 is 9.53 Å². The number of carbonyl (C=O) groups is 1. The van der Waals surface area contributed by atoms with Crippen molar-refractivity contribution in [3.63, 3.8) is 0 Å². The summed E-state index contributed by atoms with van der Waals surface area (Å²) in [7, 11) is 0. The van der Waals surface area contributed by atoms with Gasteiger partial charge < -0.3 is 15.4 Å². The van der Waals surface area contributed by atoms with Crippen molar-refractivity contribution in [1.82, 2.24) is 9.97 Å². The zero-order chi connectivity index (χ0) is 20.1. The smallest absolute Gasteiger partial charge is 0.258 e. The van der Waals surface area contributed by atoms with Crippen molar-refractivity contribution in [2.45, 2.75) is 33.8 Å². The van der Waals surface area contributed by atoms with Crippen LogP contribution in [0.15, 0.2) is 54.9 Å². The molecule has 1 amide bonds. The second-order valence-electron chi connectivity index (χ2n) is 6.80. The molecule has 0 aliphatic heterocycles. The maximum atomic E-state index is 12.6. The molecule has 0 aliphatic rings. The van der Waals surface area contributed by atoms with Crippen molar-refractivity contribution in [3.8, 4) is 5.75 Å². The van der Waals surface area contributed by atoms with Gasteiger partial charge in [0.05, 0.1) is 17.4 Å². The first-order valence-corrected chi connectivity index (χ1v) is 9.16. The number of ether oxygens (including phenoxy) is 1. The third-order valence-electron chi connectivity index (χ3n) is 4.13. The van der Waals surface area contributed by atoms with E-state index in [1.54, 1.807) is 6.07 Å². The van der Waals surface area contributed by atoms with E-state index in [1.807, 2.05) is 64.1 Å². The quantitative estimate of drug-likeness (QED) is 0.641. The Bertz CT molecular complexity index is 948. The first kappa shape index (κ1) is 19.4. The standard InChI is InChI=1S/C22H24N4O2/c1-14(2)28-19-11-6-5-10-18(19)25-21(27)17-12-23-22(24-13-17)26-20-15(3)8-7-9-16(20)4/h5-14H,1-4H3,(H,25,27)(H,23,24,26). The van der Waals surface area contributed by atoms with Gasteiger partial charge in [0.2, 0.25) is 5.95 Å². The van der Waals surface area contributed by atoms with E-state index >= 15 is 0 Å². The van der Waals surface area contributed by atoms with E-state index in [-0.39, 0.29) is 12.0 Å². The molecule has 0 aliphatic carbocycles. The largest absolute Gasteiger partial charge is 0.489 e. The highest BCUT2D eigenvalue weighted by Crippen LogP contribution is 2.26. The van der Waals surface area contributed by atoms with Crippen molar-refractivity contribution in [2.24, 2.45) is 0 Å². The molecule has 6 heteroatoms. The molecule has 1 aromatic heterocycles. The van der Waals surface area contributed by atoms with Crippen LogP contribution in [0.25, 0.3) is 0 Å². The predicted molar refractivity (Wildman–Crippen MR) is 111 cm³/mol. The summed E-state index contributed by atoms with van der Waals surface area (Å²) in [5, 5.41) is 6.07. The Hall–Kier alpha value is -3.41. The van der Waals surface area contributed by atoms with Crippen molar-refractivity contribution in [1.29, 1.82) is 0 Å². The number of anilines is 3. The molecule has 0 spiro atoms. The second-order valence-corrected chi connectivity index (χ2v) is 6.80. The highest BCUT2D eigenvalue weighted by molar-refractivity contribution is 6.04. The zero-order valence-corrected chi connectivity index (χ0v) is 16.5. The molecule has 28 heavy (non-hydrogen) atoms. The Labute approximate surface area is 165 Å². The molecular weight excluding hydrogens is 352 g/mol. The third-order valence-corrected chi connectivity index (χ3v) is 4.13. The average Bonchev–Trinajstić information content (AvgIpc) is 2.66. The third kappa shape index (κ3) is 4.65. The fourth-order valence-corrected chi connectivity index (χ4v) is 2.75. The molecule has 1 heterocycles. The van der Waals surface area contributed by atoms with Crippen LogP contribution < -0.4 is 15.4 Å². The fraction of sp³-hybridized carbons (Fsp3) is 0.227. The maximum Gasteiger partial charge on any atom is 0.258 e. The number of benzene rings is 2. The number of nitrogens with zero attached hydrogens (tertiary/aromatic N) is 2. The lowest BCUT2D eigenvalue weighted by Gasteiger charge is -2.15. The lowest BCUT2D eigenvalue weighted by Crippen LogP contribution is -2.15. The summed E-state index contributed by atoms with van der Waals surface area (Å²) in [5.74, 6) is 0.774. The summed E-state index contributed by atoms with van der Waals surface area (Å²) in [6.07, 6.45) is 3.02. The number of carbonyl (C=O) groups excluding carboxylic acids is 1. The minimum atomic E-state index is -0.293. The Balaban J connectivity index is 1.73. The number of hydrogen-bond donors (Lipinski definition) is 2. The van der Waals surface area contributed by atoms with Gasteiger partial charge in [-0.1, -0.05) is 30.3 Å². The van der Waals surface area contributed by atoms with E-state index in [4.69, 9.17) is 4.74 Å². The van der Waals surface area contributed by atoms with E-state index in [0.717, 1.165) is 16.8 Å². The van der Waals surface area contributed by atoms with E-state index in [9.17, 15) is 4.79 Å². The van der Waals surface area contributed by atoms with E-state index in [1.165, 1.54) is 12.4 Å². The maximum absolute atomic E-state index is 12.6. The molecule has 0 radical (unpaired) electrons. The van der Waals surface area contributed by atoms with Gasteiger partial charge in [-0.3, -0.25) is 4.79 Å². The van der Waals surface area contributed by atoms with Gasteiger partial charge in [-0.15, -0.1) is 0 Å². The van der Waals surface area contributed by atoms with Crippen LogP contribution in [0.4, 0.5) is 17.3 Å². The number of aryl methyl sites for hydroxylation is 2. The first-order chi connectivity index (χ1) is 13.4. The van der Waals surface area contributed by atoms with Gasteiger partial charge in [0, 0.05) is 18.1 Å². The molecule has 0 unspecified atom stereocenters. The Morgan fingerprint density at radius 1 is 0.964 bits per heavy atom. The Morgan fingerprint density at radius 2 is 1.61 bits per heavy atom. The summed E-state index contributed by atoms with van der Waals surface area (Å²) in [6.45, 7) is 7.92. The zero-order valence-electron chi connectivity index (χ0n) is 16.5. The molecule has 2 N–H and O–H groups in total. The Kier molecular flexibility index (Phi) is 5.89. The number of hydrogen-bond acceptors (Lipinski definition) is 5. The number of rotatable bonds is 6. The van der Waals surface area contributed by atoms with E-state index in [2.05, 4.69) is 20.6 Å². The normalized spacial score (nSPS) is 10.6. The SMILES string of the molecule is Cc1cccc(C)c1Nc1ncc(C(=O)Nc2ccccc2OC(C)C)cn1. The monoisotopic (exact) mass is 376 g/mol. The topological polar surface area (TPSA) is 76.1 Å². The van der Waals surface area contributed by atoms with Gasteiger partial charge in [-0.05, 0) is 51.0 Å². The summed E-state index contributed by atoms with van der Waals surface area (Å²) < 4.78 is 5.73. The van der Waals surface area contributed by atoms with Gasteiger partial charge in [0.15, 0.2) is 0 Å². The summed E-state index contributed by atoms with van der Waals surface area (Å²) >= 11 is 0. The molecule has 0 fully saturated rings. The average molecular weight is 376 g/mol. The molecular formula is C22H24N4O2. The van der Waals surface area contributed by atoms with Gasteiger partial charge in [-0.2, -0.15) is 0 Å². The number of nitrogens with one attached hydrogen (secondary N) is 2. The minimum Gasteiger partial charge on any atom is -0.489 e. The lowest BCUT2D eigenvalue weighted by atomic mass is 10.1. The molecule has 3 aromatic rings. The Morgan fingerprint density at radius 3 is 2.25 bits per heavy atom. The molecule has 6 nitrogen and oxygen atoms in total. The van der Waals surface area contributed by atoms with Crippen LogP contribution >= 0.6 is 0 Å². The molecule has 0 saturated carbocycles. The molecule has 3 rings (SSSR count). The lowest BCUT2D eigenvalue weighted by molar-refractivity contribution is 0.102. The van der Waals surface area contributed by atoms with Crippen LogP contribution in [0.5, 0.6) is 5.75 Å². The van der Waals surface area contributed by atoms with E-state index in [0.29, 0.717) is 22.9 Å². The second kappa shape index (κ2) is 8.52. The molecule has 2 aromatic carbocycles. The molecule has 0 saturated heterocycles. The fourth-order valence-electron chi connectivity index (χ4n) is 2.75. The van der Waals surface area contributed by atoms with Gasteiger partial charge in [0.1, 0.15) is 5.75 Å². The highest BCUT2D eigenvalue weighted by atomic mass is 16.5. The summed E-state index contributed by atoms with van der Waals surface area (Å²) in [6, 6.07) is 13.4. The van der Waals surface area contributed by atoms with Gasteiger partial charge in [-0.25, -0.2) is 9.97 Å². The molecule has 0 bridgehead atoms. The molecule has 144 valence electrons. The van der Waals surface area contributed by atoms with E-state index < -0.39 is 0 Å². The highest BCUT2D eigenvalue weighted by Gasteiger charge is 2.12. The predicted octanol–water partition coefficient (Wildman–Crippen LogP) is 4.88. The van der Waals surface area contributed by atoms with Crippen LogP contribution in [-0.4, -0.2) is 22.0 Å². The van der Waals surface area contributed by atoms with Crippen LogP contribution in [-0.2, 0) is 0 Å². The number of para-hydroxylation sites is 3.